The number of halogens is 4. The molecule has 0 radical (unpaired) electrons. The number of ether oxygens (including phenoxy) is 2. The largest absolute Gasteiger partial charge is 0.444 e. The van der Waals surface area contributed by atoms with Crippen molar-refractivity contribution in [2.24, 2.45) is 7.05 Å². The molecule has 1 saturated carbocycles. The van der Waals surface area contributed by atoms with E-state index in [0.29, 0.717) is 52.4 Å². The van der Waals surface area contributed by atoms with Gasteiger partial charge in [-0.05, 0) is 99.5 Å². The van der Waals surface area contributed by atoms with E-state index in [0.717, 1.165) is 6.42 Å². The van der Waals surface area contributed by atoms with E-state index in [9.17, 15) is 27.2 Å². The van der Waals surface area contributed by atoms with E-state index in [1.54, 1.807) is 45.4 Å². The third-order valence-electron chi connectivity index (χ3n) is 8.82. The van der Waals surface area contributed by atoms with Gasteiger partial charge in [0.25, 0.3) is 5.91 Å². The predicted molar refractivity (Wildman–Crippen MR) is 181 cm³/mol. The van der Waals surface area contributed by atoms with Crippen LogP contribution in [0.2, 0.25) is 0 Å². The Labute approximate surface area is 292 Å². The van der Waals surface area contributed by atoms with Crippen LogP contribution in [-0.4, -0.2) is 62.2 Å². The second-order valence-electron chi connectivity index (χ2n) is 13.9. The summed E-state index contributed by atoms with van der Waals surface area (Å²) in [6, 6.07) is 8.91. The van der Waals surface area contributed by atoms with Crippen molar-refractivity contribution in [2.45, 2.75) is 76.9 Å². The highest BCUT2D eigenvalue weighted by Gasteiger charge is 2.53. The molecule has 2 amide bonds. The number of alkyl halides is 3. The number of alkyl carbamates (subject to hydrolysis) is 1. The highest BCUT2D eigenvalue weighted by atomic mass is 19.4. The summed E-state index contributed by atoms with van der Waals surface area (Å²) in [5.74, 6) is -1.09. The summed E-state index contributed by atoms with van der Waals surface area (Å²) >= 11 is 0. The number of nitrogens with one attached hydrogen (secondary N) is 2. The van der Waals surface area contributed by atoms with Crippen LogP contribution in [0.5, 0.6) is 0 Å². The first-order chi connectivity index (χ1) is 24.1. The SMILES string of the molecule is CCNc1cc(-c2ccc(F)cc2-c2nncn2C)cc(N2C(=O)c3cc(COCC4(NC(=O)OC(C)(C)C)CCC4)ccc3C2C(F)(F)F)n1. The van der Waals surface area contributed by atoms with Gasteiger partial charge in [0.05, 0.1) is 18.8 Å². The smallest absolute Gasteiger partial charge is 0.413 e. The molecule has 2 aliphatic rings. The molecule has 4 aromatic rings. The molecule has 2 N–H and O–H groups in total. The lowest BCUT2D eigenvalue weighted by molar-refractivity contribution is -0.147. The van der Waals surface area contributed by atoms with Crippen molar-refractivity contribution < 1.29 is 36.6 Å². The van der Waals surface area contributed by atoms with Gasteiger partial charge in [-0.15, -0.1) is 10.2 Å². The first-order valence-electron chi connectivity index (χ1n) is 16.6. The van der Waals surface area contributed by atoms with Crippen molar-refractivity contribution in [3.05, 3.63) is 77.4 Å². The second-order valence-corrected chi connectivity index (χ2v) is 13.9. The lowest BCUT2D eigenvalue weighted by atomic mass is 9.77. The van der Waals surface area contributed by atoms with E-state index in [-0.39, 0.29) is 36.0 Å². The van der Waals surface area contributed by atoms with Crippen LogP contribution in [-0.2, 0) is 23.1 Å². The zero-order valence-corrected chi connectivity index (χ0v) is 28.9. The number of hydrogen-bond donors (Lipinski definition) is 2. The van der Waals surface area contributed by atoms with Crippen molar-refractivity contribution >= 4 is 23.6 Å². The van der Waals surface area contributed by atoms with Crippen molar-refractivity contribution in [1.82, 2.24) is 25.1 Å². The monoisotopic (exact) mass is 709 g/mol. The normalized spacial score (nSPS) is 16.8. The molecule has 0 saturated heterocycles. The molecule has 270 valence electrons. The highest BCUT2D eigenvalue weighted by Crippen LogP contribution is 2.47. The molecule has 51 heavy (non-hydrogen) atoms. The molecule has 15 heteroatoms. The van der Waals surface area contributed by atoms with E-state index < -0.39 is 41.2 Å². The lowest BCUT2D eigenvalue weighted by Gasteiger charge is -2.42. The minimum atomic E-state index is -4.85. The molecule has 2 aromatic heterocycles. The average Bonchev–Trinajstić information content (AvgIpc) is 3.59. The number of hydrogen-bond acceptors (Lipinski definition) is 8. The Bertz CT molecular complexity index is 1950. The van der Waals surface area contributed by atoms with Gasteiger partial charge in [-0.3, -0.25) is 9.69 Å². The van der Waals surface area contributed by atoms with Gasteiger partial charge < -0.3 is 24.7 Å². The number of rotatable bonds is 10. The van der Waals surface area contributed by atoms with Gasteiger partial charge in [0.2, 0.25) is 0 Å². The van der Waals surface area contributed by atoms with Crippen LogP contribution in [0.1, 0.15) is 74.5 Å². The Morgan fingerprint density at radius 3 is 2.43 bits per heavy atom. The second kappa shape index (κ2) is 13.6. The molecule has 0 bridgehead atoms. The minimum Gasteiger partial charge on any atom is -0.444 e. The maximum Gasteiger partial charge on any atom is 0.413 e. The van der Waals surface area contributed by atoms with Gasteiger partial charge in [-0.25, -0.2) is 14.2 Å². The summed E-state index contributed by atoms with van der Waals surface area (Å²) in [4.78, 5) is 31.5. The number of nitrogens with zero attached hydrogens (tertiary/aromatic N) is 5. The Morgan fingerprint density at radius 1 is 1.04 bits per heavy atom. The molecule has 3 heterocycles. The average molecular weight is 710 g/mol. The summed E-state index contributed by atoms with van der Waals surface area (Å²) in [5, 5.41) is 13.9. The first kappa shape index (κ1) is 35.8. The molecule has 6 rings (SSSR count). The molecular formula is C36H39F4N7O4. The van der Waals surface area contributed by atoms with Gasteiger partial charge >= 0.3 is 12.3 Å². The fraction of sp³-hybridized carbons (Fsp3) is 0.417. The molecule has 1 atom stereocenters. The number of anilines is 2. The van der Waals surface area contributed by atoms with Gasteiger partial charge in [0.15, 0.2) is 11.9 Å². The molecule has 1 unspecified atom stereocenters. The van der Waals surface area contributed by atoms with Crippen molar-refractivity contribution in [3.8, 4) is 22.5 Å². The summed E-state index contributed by atoms with van der Waals surface area (Å²) in [6.45, 7) is 7.67. The van der Waals surface area contributed by atoms with E-state index in [1.165, 1.54) is 48.8 Å². The van der Waals surface area contributed by atoms with Gasteiger partial charge in [0, 0.05) is 24.7 Å². The number of aromatic nitrogens is 4. The summed E-state index contributed by atoms with van der Waals surface area (Å²) in [6.07, 6.45) is -1.67. The maximum absolute atomic E-state index is 14.9. The fourth-order valence-electron chi connectivity index (χ4n) is 6.40. The van der Waals surface area contributed by atoms with Crippen LogP contribution in [0.25, 0.3) is 22.5 Å². The number of aryl methyl sites for hydroxylation is 1. The van der Waals surface area contributed by atoms with Crippen LogP contribution in [0, 0.1) is 5.82 Å². The van der Waals surface area contributed by atoms with Crippen LogP contribution in [0.4, 0.5) is 34.0 Å². The van der Waals surface area contributed by atoms with Crippen LogP contribution in [0.3, 0.4) is 0 Å². The van der Waals surface area contributed by atoms with Crippen molar-refractivity contribution in [3.63, 3.8) is 0 Å². The van der Waals surface area contributed by atoms with Crippen LogP contribution in [0.15, 0.2) is 54.9 Å². The molecule has 0 spiro atoms. The highest BCUT2D eigenvalue weighted by molar-refractivity contribution is 6.11. The fourth-order valence-corrected chi connectivity index (χ4v) is 6.40. The number of pyridine rings is 1. The summed E-state index contributed by atoms with van der Waals surface area (Å²) in [7, 11) is 1.69. The lowest BCUT2D eigenvalue weighted by Crippen LogP contribution is -2.57. The number of fused-ring (bicyclic) bond motifs is 1. The number of carbonyl (C=O) groups is 2. The number of benzene rings is 2. The zero-order valence-electron chi connectivity index (χ0n) is 28.9. The third kappa shape index (κ3) is 7.53. The molecule has 11 nitrogen and oxygen atoms in total. The summed E-state index contributed by atoms with van der Waals surface area (Å²) in [5.41, 5.74) is 0.0792. The zero-order chi connectivity index (χ0) is 36.7. The van der Waals surface area contributed by atoms with E-state index >= 15 is 0 Å². The number of carbonyl (C=O) groups excluding carboxylic acids is 2. The summed E-state index contributed by atoms with van der Waals surface area (Å²) < 4.78 is 72.1. The van der Waals surface area contributed by atoms with Crippen molar-refractivity contribution in [1.29, 1.82) is 0 Å². The predicted octanol–water partition coefficient (Wildman–Crippen LogP) is 7.34. The van der Waals surface area contributed by atoms with E-state index in [2.05, 4.69) is 25.8 Å². The topological polar surface area (TPSA) is 124 Å². The quantitative estimate of drug-likeness (QED) is 0.164. The van der Waals surface area contributed by atoms with Gasteiger partial charge in [0.1, 0.15) is 29.4 Å². The third-order valence-corrected chi connectivity index (χ3v) is 8.82. The van der Waals surface area contributed by atoms with Crippen LogP contribution < -0.4 is 15.5 Å². The maximum atomic E-state index is 14.9. The Balaban J connectivity index is 1.30. The molecular weight excluding hydrogens is 670 g/mol. The molecule has 1 aliphatic heterocycles. The number of amides is 2. The molecule has 1 fully saturated rings. The Morgan fingerprint density at radius 2 is 1.80 bits per heavy atom. The molecule has 2 aromatic carbocycles. The van der Waals surface area contributed by atoms with E-state index in [4.69, 9.17) is 9.47 Å². The standard InChI is InChI=1S/C36H39F4N7O4/c1-6-41-28-15-22(24-11-9-23(37)17-26(24)31-45-42-20-46(31)5)16-29(43-28)47-30(36(38,39)40)25-10-8-21(14-27(25)32(47)48)18-50-19-35(12-7-13-35)44-33(49)51-34(2,3)4/h8-11,14-17,20,30H,6-7,12-13,18-19H2,1-5H3,(H,41,43)(H,44,49). The van der Waals surface area contributed by atoms with Crippen molar-refractivity contribution in [2.75, 3.05) is 23.4 Å². The van der Waals surface area contributed by atoms with Crippen LogP contribution >= 0.6 is 0 Å². The Hall–Kier alpha value is -5.05. The Kier molecular flexibility index (Phi) is 9.53. The first-order valence-corrected chi connectivity index (χ1v) is 16.6. The molecule has 1 aliphatic carbocycles. The minimum absolute atomic E-state index is 0.00267. The van der Waals surface area contributed by atoms with E-state index in [1.807, 2.05) is 0 Å². The van der Waals surface area contributed by atoms with Gasteiger partial charge in [-0.2, -0.15) is 13.2 Å². The van der Waals surface area contributed by atoms with Gasteiger partial charge in [-0.1, -0.05) is 18.2 Å².